The molecule has 0 fully saturated rings. The van der Waals surface area contributed by atoms with Crippen molar-refractivity contribution in [2.45, 2.75) is 33.6 Å². The Morgan fingerprint density at radius 1 is 0.905 bits per heavy atom. The fourth-order valence-corrected chi connectivity index (χ4v) is 2.55. The van der Waals surface area contributed by atoms with E-state index in [0.717, 1.165) is 12.0 Å². The molecule has 0 heterocycles. The summed E-state index contributed by atoms with van der Waals surface area (Å²) >= 11 is 0. The molecule has 0 unspecified atom stereocenters. The monoisotopic (exact) mass is 280 g/mol. The van der Waals surface area contributed by atoms with Gasteiger partial charge >= 0.3 is 0 Å². The van der Waals surface area contributed by atoms with Gasteiger partial charge in [0.2, 0.25) is 0 Å². The lowest BCUT2D eigenvalue weighted by molar-refractivity contribution is 0.0915. The van der Waals surface area contributed by atoms with E-state index in [1.165, 1.54) is 5.56 Å². The second-order valence-corrected chi connectivity index (χ2v) is 6.75. The quantitative estimate of drug-likeness (QED) is 0.691. The average Bonchev–Trinajstić information content (AvgIpc) is 2.47. The van der Waals surface area contributed by atoms with E-state index in [1.807, 2.05) is 36.4 Å². The minimum absolute atomic E-state index is 0.111. The van der Waals surface area contributed by atoms with Crippen molar-refractivity contribution in [2.75, 3.05) is 0 Å². The van der Waals surface area contributed by atoms with Crippen LogP contribution in [0.25, 0.3) is 0 Å². The third kappa shape index (κ3) is 4.56. The maximum absolute atomic E-state index is 12.5. The van der Waals surface area contributed by atoms with Gasteiger partial charge in [0.15, 0.2) is 5.78 Å². The molecule has 2 rings (SSSR count). The van der Waals surface area contributed by atoms with Gasteiger partial charge in [0.05, 0.1) is 0 Å². The molecule has 2 aromatic rings. The Bertz CT molecular complexity index is 564. The Hall–Kier alpha value is -1.89. The SMILES string of the molecule is CC(C)(C)[C@@H](CC(=O)c1ccccc1)Cc1ccccc1. The number of rotatable bonds is 5. The largest absolute Gasteiger partial charge is 0.294 e. The van der Waals surface area contributed by atoms with Crippen LogP contribution in [-0.4, -0.2) is 5.78 Å². The second-order valence-electron chi connectivity index (χ2n) is 6.75. The number of hydrogen-bond acceptors (Lipinski definition) is 1. The first kappa shape index (κ1) is 15.5. The third-order valence-electron chi connectivity index (χ3n) is 4.08. The maximum atomic E-state index is 12.5. The summed E-state index contributed by atoms with van der Waals surface area (Å²) in [6.45, 7) is 6.66. The molecule has 0 aliphatic rings. The lowest BCUT2D eigenvalue weighted by atomic mass is 9.74. The van der Waals surface area contributed by atoms with E-state index in [9.17, 15) is 4.79 Å². The molecular weight excluding hydrogens is 256 g/mol. The number of carbonyl (C=O) groups is 1. The maximum Gasteiger partial charge on any atom is 0.163 e. The molecule has 0 amide bonds. The molecule has 0 aliphatic heterocycles. The van der Waals surface area contributed by atoms with Gasteiger partial charge in [0.25, 0.3) is 0 Å². The van der Waals surface area contributed by atoms with E-state index in [-0.39, 0.29) is 11.2 Å². The summed E-state index contributed by atoms with van der Waals surface area (Å²) in [6.07, 6.45) is 1.55. The molecule has 2 aromatic carbocycles. The topological polar surface area (TPSA) is 17.1 Å². The Balaban J connectivity index is 2.12. The zero-order valence-corrected chi connectivity index (χ0v) is 13.2. The van der Waals surface area contributed by atoms with Crippen molar-refractivity contribution in [2.24, 2.45) is 11.3 Å². The summed E-state index contributed by atoms with van der Waals surface area (Å²) in [4.78, 5) is 12.5. The summed E-state index contributed by atoms with van der Waals surface area (Å²) in [7, 11) is 0. The van der Waals surface area contributed by atoms with Crippen LogP contribution in [0.1, 0.15) is 43.1 Å². The average molecular weight is 280 g/mol. The van der Waals surface area contributed by atoms with E-state index in [0.29, 0.717) is 12.3 Å². The van der Waals surface area contributed by atoms with Crippen molar-refractivity contribution in [1.82, 2.24) is 0 Å². The Morgan fingerprint density at radius 3 is 1.95 bits per heavy atom. The molecule has 0 saturated heterocycles. The number of carbonyl (C=O) groups excluding carboxylic acids is 1. The number of ketones is 1. The summed E-state index contributed by atoms with van der Waals surface area (Å²) in [6, 6.07) is 20.1. The zero-order valence-electron chi connectivity index (χ0n) is 13.2. The molecule has 0 bridgehead atoms. The summed E-state index contributed by atoms with van der Waals surface area (Å²) in [5.74, 6) is 0.582. The second kappa shape index (κ2) is 6.71. The Morgan fingerprint density at radius 2 is 1.43 bits per heavy atom. The first-order valence-corrected chi connectivity index (χ1v) is 7.59. The van der Waals surface area contributed by atoms with Crippen LogP contribution >= 0.6 is 0 Å². The van der Waals surface area contributed by atoms with Gasteiger partial charge in [-0.3, -0.25) is 4.79 Å². The highest BCUT2D eigenvalue weighted by Crippen LogP contribution is 2.32. The van der Waals surface area contributed by atoms with Gasteiger partial charge in [-0.1, -0.05) is 81.4 Å². The molecule has 1 atom stereocenters. The minimum atomic E-state index is 0.111. The highest BCUT2D eigenvalue weighted by Gasteiger charge is 2.27. The van der Waals surface area contributed by atoms with Gasteiger partial charge < -0.3 is 0 Å². The zero-order chi connectivity index (χ0) is 15.3. The molecule has 110 valence electrons. The predicted molar refractivity (Wildman–Crippen MR) is 88.5 cm³/mol. The molecule has 0 aromatic heterocycles. The van der Waals surface area contributed by atoms with Crippen LogP contribution in [0.4, 0.5) is 0 Å². The predicted octanol–water partition coefficient (Wildman–Crippen LogP) is 5.16. The van der Waals surface area contributed by atoms with E-state index < -0.39 is 0 Å². The normalized spacial score (nSPS) is 12.9. The van der Waals surface area contributed by atoms with Gasteiger partial charge in [-0.05, 0) is 23.3 Å². The van der Waals surface area contributed by atoms with Gasteiger partial charge in [0, 0.05) is 12.0 Å². The fourth-order valence-electron chi connectivity index (χ4n) is 2.55. The first-order valence-electron chi connectivity index (χ1n) is 7.59. The third-order valence-corrected chi connectivity index (χ3v) is 4.08. The molecular formula is C20H24O. The highest BCUT2D eigenvalue weighted by atomic mass is 16.1. The summed E-state index contributed by atoms with van der Waals surface area (Å²) < 4.78 is 0. The van der Waals surface area contributed by atoms with E-state index in [1.54, 1.807) is 0 Å². The summed E-state index contributed by atoms with van der Waals surface area (Å²) in [5.41, 5.74) is 2.23. The van der Waals surface area contributed by atoms with Crippen LogP contribution in [0.2, 0.25) is 0 Å². The minimum Gasteiger partial charge on any atom is -0.294 e. The van der Waals surface area contributed by atoms with Crippen LogP contribution < -0.4 is 0 Å². The molecule has 0 aliphatic carbocycles. The van der Waals surface area contributed by atoms with Crippen molar-refractivity contribution < 1.29 is 4.79 Å². The molecule has 0 spiro atoms. The molecule has 0 saturated carbocycles. The van der Waals surface area contributed by atoms with Gasteiger partial charge in [0.1, 0.15) is 0 Å². The molecule has 0 radical (unpaired) electrons. The van der Waals surface area contributed by atoms with Crippen molar-refractivity contribution >= 4 is 5.78 Å². The van der Waals surface area contributed by atoms with Crippen molar-refractivity contribution in [3.8, 4) is 0 Å². The number of Topliss-reactive ketones (excluding diaryl/α,β-unsaturated/α-hetero) is 1. The van der Waals surface area contributed by atoms with Crippen LogP contribution in [0.15, 0.2) is 60.7 Å². The van der Waals surface area contributed by atoms with Crippen molar-refractivity contribution in [1.29, 1.82) is 0 Å². The van der Waals surface area contributed by atoms with E-state index >= 15 is 0 Å². The van der Waals surface area contributed by atoms with Crippen LogP contribution in [0.3, 0.4) is 0 Å². The van der Waals surface area contributed by atoms with Crippen molar-refractivity contribution in [3.05, 3.63) is 71.8 Å². The van der Waals surface area contributed by atoms with Crippen LogP contribution in [-0.2, 0) is 6.42 Å². The molecule has 1 nitrogen and oxygen atoms in total. The molecule has 0 N–H and O–H groups in total. The molecule has 1 heteroatoms. The Kier molecular flexibility index (Phi) is 4.95. The van der Waals surface area contributed by atoms with Gasteiger partial charge in [-0.15, -0.1) is 0 Å². The smallest absolute Gasteiger partial charge is 0.163 e. The number of hydrogen-bond donors (Lipinski definition) is 0. The van der Waals surface area contributed by atoms with Crippen molar-refractivity contribution in [3.63, 3.8) is 0 Å². The Labute approximate surface area is 128 Å². The standard InChI is InChI=1S/C20H24O/c1-20(2,3)18(14-16-10-6-4-7-11-16)15-19(21)17-12-8-5-9-13-17/h4-13,18H,14-15H2,1-3H3/t18-/m1/s1. The first-order chi connectivity index (χ1) is 9.97. The summed E-state index contributed by atoms with van der Waals surface area (Å²) in [5, 5.41) is 0. The van der Waals surface area contributed by atoms with Crippen LogP contribution in [0, 0.1) is 11.3 Å². The highest BCUT2D eigenvalue weighted by molar-refractivity contribution is 5.96. The van der Waals surface area contributed by atoms with Crippen LogP contribution in [0.5, 0.6) is 0 Å². The lowest BCUT2D eigenvalue weighted by Crippen LogP contribution is -2.25. The van der Waals surface area contributed by atoms with Gasteiger partial charge in [-0.2, -0.15) is 0 Å². The fraction of sp³-hybridized carbons (Fsp3) is 0.350. The lowest BCUT2D eigenvalue weighted by Gasteiger charge is -2.30. The van der Waals surface area contributed by atoms with E-state index in [4.69, 9.17) is 0 Å². The van der Waals surface area contributed by atoms with Gasteiger partial charge in [-0.25, -0.2) is 0 Å². The van der Waals surface area contributed by atoms with E-state index in [2.05, 4.69) is 45.0 Å². The number of benzene rings is 2. The molecule has 21 heavy (non-hydrogen) atoms.